The predicted molar refractivity (Wildman–Crippen MR) is 63.0 cm³/mol. The standard InChI is InChI=1S/C11H13N3S/c1-8-6-12-11(15-8)9-7-14-5-3-2-4-10(14)13-9/h2-5,7-8,11-12H,6H2,1H3. The van der Waals surface area contributed by atoms with E-state index in [4.69, 9.17) is 0 Å². The minimum Gasteiger partial charge on any atom is -0.307 e. The Morgan fingerprint density at radius 3 is 3.20 bits per heavy atom. The van der Waals surface area contributed by atoms with Gasteiger partial charge in [-0.1, -0.05) is 13.0 Å². The van der Waals surface area contributed by atoms with Gasteiger partial charge in [0, 0.05) is 24.2 Å². The lowest BCUT2D eigenvalue weighted by Gasteiger charge is -2.04. The summed E-state index contributed by atoms with van der Waals surface area (Å²) in [7, 11) is 0. The molecule has 15 heavy (non-hydrogen) atoms. The Morgan fingerprint density at radius 2 is 2.47 bits per heavy atom. The molecule has 0 aromatic carbocycles. The van der Waals surface area contributed by atoms with Gasteiger partial charge in [0.05, 0.1) is 11.1 Å². The van der Waals surface area contributed by atoms with Crippen LogP contribution < -0.4 is 5.32 Å². The normalized spacial score (nSPS) is 26.2. The van der Waals surface area contributed by atoms with Crippen molar-refractivity contribution in [1.29, 1.82) is 0 Å². The van der Waals surface area contributed by atoms with Gasteiger partial charge in [0.2, 0.25) is 0 Å². The highest BCUT2D eigenvalue weighted by Crippen LogP contribution is 2.33. The summed E-state index contributed by atoms with van der Waals surface area (Å²) in [5.41, 5.74) is 2.16. The van der Waals surface area contributed by atoms with Crippen LogP contribution in [-0.4, -0.2) is 21.2 Å². The van der Waals surface area contributed by atoms with Crippen LogP contribution in [0.15, 0.2) is 30.6 Å². The van der Waals surface area contributed by atoms with Crippen molar-refractivity contribution in [2.75, 3.05) is 6.54 Å². The Bertz CT molecular complexity index is 446. The summed E-state index contributed by atoms with van der Waals surface area (Å²) in [5, 5.41) is 4.51. The van der Waals surface area contributed by atoms with Gasteiger partial charge >= 0.3 is 0 Å². The topological polar surface area (TPSA) is 29.3 Å². The van der Waals surface area contributed by atoms with Gasteiger partial charge in [-0.3, -0.25) is 5.32 Å². The summed E-state index contributed by atoms with van der Waals surface area (Å²) in [4.78, 5) is 4.61. The third kappa shape index (κ3) is 1.64. The van der Waals surface area contributed by atoms with Crippen molar-refractivity contribution in [1.82, 2.24) is 14.7 Å². The number of imidazole rings is 1. The fourth-order valence-corrected chi connectivity index (χ4v) is 2.96. The third-order valence-electron chi connectivity index (χ3n) is 2.61. The summed E-state index contributed by atoms with van der Waals surface area (Å²) in [6.45, 7) is 3.32. The van der Waals surface area contributed by atoms with Gasteiger partial charge in [-0.15, -0.1) is 11.8 Å². The SMILES string of the molecule is CC1CNC(c2cn3ccccc3n2)S1. The molecule has 1 N–H and O–H groups in total. The lowest BCUT2D eigenvalue weighted by atomic mass is 10.4. The zero-order valence-corrected chi connectivity index (χ0v) is 9.37. The average molecular weight is 219 g/mol. The molecule has 3 heterocycles. The lowest BCUT2D eigenvalue weighted by molar-refractivity contribution is 0.707. The summed E-state index contributed by atoms with van der Waals surface area (Å²) in [6.07, 6.45) is 4.15. The molecule has 78 valence electrons. The van der Waals surface area contributed by atoms with Crippen molar-refractivity contribution in [3.05, 3.63) is 36.3 Å². The highest BCUT2D eigenvalue weighted by atomic mass is 32.2. The summed E-state index contributed by atoms with van der Waals surface area (Å²) >= 11 is 1.95. The van der Waals surface area contributed by atoms with Crippen molar-refractivity contribution in [3.63, 3.8) is 0 Å². The van der Waals surface area contributed by atoms with E-state index in [9.17, 15) is 0 Å². The fourth-order valence-electron chi connectivity index (χ4n) is 1.86. The first-order chi connectivity index (χ1) is 7.33. The summed E-state index contributed by atoms with van der Waals surface area (Å²) < 4.78 is 2.07. The second-order valence-corrected chi connectivity index (χ2v) is 5.42. The van der Waals surface area contributed by atoms with Gasteiger partial charge in [-0.2, -0.15) is 0 Å². The number of hydrogen-bond donors (Lipinski definition) is 1. The largest absolute Gasteiger partial charge is 0.307 e. The van der Waals surface area contributed by atoms with E-state index in [-0.39, 0.29) is 0 Å². The van der Waals surface area contributed by atoms with Crippen LogP contribution in [0.4, 0.5) is 0 Å². The maximum Gasteiger partial charge on any atom is 0.137 e. The van der Waals surface area contributed by atoms with Gasteiger partial charge < -0.3 is 4.40 Å². The van der Waals surface area contributed by atoms with E-state index in [1.807, 2.05) is 36.2 Å². The molecule has 0 aliphatic carbocycles. The van der Waals surface area contributed by atoms with Gasteiger partial charge in [0.1, 0.15) is 5.65 Å². The molecule has 2 aromatic heterocycles. The highest BCUT2D eigenvalue weighted by Gasteiger charge is 2.24. The molecule has 2 aromatic rings. The Hall–Kier alpha value is -1.000. The number of aromatic nitrogens is 2. The second kappa shape index (κ2) is 3.54. The second-order valence-electron chi connectivity index (χ2n) is 3.87. The maximum absolute atomic E-state index is 4.61. The molecule has 1 saturated heterocycles. The average Bonchev–Trinajstić information content (AvgIpc) is 2.82. The number of hydrogen-bond acceptors (Lipinski definition) is 3. The van der Waals surface area contributed by atoms with Crippen LogP contribution in [0, 0.1) is 0 Å². The molecule has 1 aliphatic heterocycles. The Morgan fingerprint density at radius 1 is 1.53 bits per heavy atom. The molecular weight excluding hydrogens is 206 g/mol. The van der Waals surface area contributed by atoms with Crippen molar-refractivity contribution in [2.24, 2.45) is 0 Å². The quantitative estimate of drug-likeness (QED) is 0.796. The summed E-state index contributed by atoms with van der Waals surface area (Å²) in [6, 6.07) is 6.08. The van der Waals surface area contributed by atoms with E-state index in [2.05, 4.69) is 27.8 Å². The Kier molecular flexibility index (Phi) is 2.18. The third-order valence-corrected chi connectivity index (χ3v) is 3.92. The monoisotopic (exact) mass is 219 g/mol. The first-order valence-corrected chi connectivity index (χ1v) is 6.10. The zero-order valence-electron chi connectivity index (χ0n) is 8.55. The fraction of sp³-hybridized carbons (Fsp3) is 0.364. The van der Waals surface area contributed by atoms with Crippen LogP contribution in [0.25, 0.3) is 5.65 Å². The van der Waals surface area contributed by atoms with E-state index in [1.165, 1.54) is 0 Å². The minimum absolute atomic E-state index is 0.361. The first-order valence-electron chi connectivity index (χ1n) is 5.15. The summed E-state index contributed by atoms with van der Waals surface area (Å²) in [5.74, 6) is 0. The number of rotatable bonds is 1. The smallest absolute Gasteiger partial charge is 0.137 e. The minimum atomic E-state index is 0.361. The van der Waals surface area contributed by atoms with Crippen LogP contribution in [-0.2, 0) is 0 Å². The van der Waals surface area contributed by atoms with Gasteiger partial charge in [0.25, 0.3) is 0 Å². The van der Waals surface area contributed by atoms with Crippen molar-refractivity contribution in [3.8, 4) is 0 Å². The Balaban J connectivity index is 1.98. The van der Waals surface area contributed by atoms with E-state index >= 15 is 0 Å². The van der Waals surface area contributed by atoms with Crippen LogP contribution >= 0.6 is 11.8 Å². The van der Waals surface area contributed by atoms with Gasteiger partial charge in [-0.05, 0) is 12.1 Å². The number of fused-ring (bicyclic) bond motifs is 1. The number of pyridine rings is 1. The molecule has 1 fully saturated rings. The highest BCUT2D eigenvalue weighted by molar-refractivity contribution is 8.00. The molecule has 2 atom stereocenters. The van der Waals surface area contributed by atoms with E-state index < -0.39 is 0 Å². The maximum atomic E-state index is 4.61. The molecule has 4 heteroatoms. The molecule has 2 unspecified atom stereocenters. The van der Waals surface area contributed by atoms with Crippen molar-refractivity contribution >= 4 is 17.4 Å². The van der Waals surface area contributed by atoms with Crippen LogP contribution in [0.2, 0.25) is 0 Å². The molecular formula is C11H13N3S. The molecule has 1 aliphatic rings. The Labute approximate surface area is 92.9 Å². The van der Waals surface area contributed by atoms with Crippen LogP contribution in [0.1, 0.15) is 18.0 Å². The molecule has 0 radical (unpaired) electrons. The molecule has 0 spiro atoms. The van der Waals surface area contributed by atoms with Crippen LogP contribution in [0.3, 0.4) is 0 Å². The number of nitrogens with one attached hydrogen (secondary N) is 1. The van der Waals surface area contributed by atoms with Crippen molar-refractivity contribution in [2.45, 2.75) is 17.5 Å². The van der Waals surface area contributed by atoms with E-state index in [0.29, 0.717) is 10.6 Å². The molecule has 0 saturated carbocycles. The first kappa shape index (κ1) is 9.24. The van der Waals surface area contributed by atoms with Gasteiger partial charge in [0.15, 0.2) is 0 Å². The lowest BCUT2D eigenvalue weighted by Crippen LogP contribution is -2.14. The van der Waals surface area contributed by atoms with Crippen molar-refractivity contribution < 1.29 is 0 Å². The molecule has 3 nitrogen and oxygen atoms in total. The van der Waals surface area contributed by atoms with Gasteiger partial charge in [-0.25, -0.2) is 4.98 Å². The predicted octanol–water partition coefficient (Wildman–Crippen LogP) is 2.06. The zero-order chi connectivity index (χ0) is 10.3. The molecule has 0 amide bonds. The van der Waals surface area contributed by atoms with Crippen LogP contribution in [0.5, 0.6) is 0 Å². The number of nitrogens with zero attached hydrogens (tertiary/aromatic N) is 2. The number of thioether (sulfide) groups is 1. The van der Waals surface area contributed by atoms with E-state index in [1.54, 1.807) is 0 Å². The van der Waals surface area contributed by atoms with E-state index in [0.717, 1.165) is 17.9 Å². The molecule has 3 rings (SSSR count). The molecule has 0 bridgehead atoms.